The third-order valence-electron chi connectivity index (χ3n) is 3.42. The Kier molecular flexibility index (Phi) is 15.6. The Bertz CT molecular complexity index is 236. The molecule has 0 atom stereocenters. The highest BCUT2D eigenvalue weighted by atomic mass is 16.5. The van der Waals surface area contributed by atoms with Crippen molar-refractivity contribution in [2.75, 3.05) is 13.7 Å². The summed E-state index contributed by atoms with van der Waals surface area (Å²) in [6.07, 6.45) is 17.9. The second kappa shape index (κ2) is 16.2. The van der Waals surface area contributed by atoms with Gasteiger partial charge in [-0.3, -0.25) is 4.79 Å². The average Bonchev–Trinajstić information content (AvgIpc) is 2.47. The first-order valence-electron chi connectivity index (χ1n) is 8.14. The van der Waals surface area contributed by atoms with Crippen molar-refractivity contribution in [3.8, 4) is 0 Å². The summed E-state index contributed by atoms with van der Waals surface area (Å²) < 4.78 is 4.61. The van der Waals surface area contributed by atoms with Gasteiger partial charge in [0, 0.05) is 13.0 Å². The maximum atomic E-state index is 10.9. The van der Waals surface area contributed by atoms with Crippen molar-refractivity contribution in [3.63, 3.8) is 0 Å². The highest BCUT2D eigenvalue weighted by Crippen LogP contribution is 2.10. The number of methoxy groups -OCH3 is 1. The number of carbonyl (C=O) groups is 1. The van der Waals surface area contributed by atoms with E-state index in [1.54, 1.807) is 0 Å². The van der Waals surface area contributed by atoms with Crippen molar-refractivity contribution < 1.29 is 14.6 Å². The topological polar surface area (TPSA) is 46.5 Å². The van der Waals surface area contributed by atoms with E-state index in [9.17, 15) is 4.79 Å². The molecule has 0 aromatic carbocycles. The second-order valence-electron chi connectivity index (χ2n) is 5.28. The molecule has 0 saturated carbocycles. The molecule has 0 fully saturated rings. The zero-order valence-electron chi connectivity index (χ0n) is 13.1. The Morgan fingerprint density at radius 2 is 1.35 bits per heavy atom. The van der Waals surface area contributed by atoms with Gasteiger partial charge in [-0.2, -0.15) is 0 Å². The lowest BCUT2D eigenvalue weighted by Crippen LogP contribution is -1.99. The number of carbonyl (C=O) groups excluding carboxylic acids is 1. The first-order chi connectivity index (χ1) is 9.81. The van der Waals surface area contributed by atoms with E-state index in [-0.39, 0.29) is 5.97 Å². The van der Waals surface area contributed by atoms with Gasteiger partial charge in [-0.15, -0.1) is 0 Å². The predicted octanol–water partition coefficient (Wildman–Crippen LogP) is 4.39. The largest absolute Gasteiger partial charge is 0.469 e. The first-order valence-corrected chi connectivity index (χ1v) is 8.14. The van der Waals surface area contributed by atoms with E-state index in [1.165, 1.54) is 45.6 Å². The minimum Gasteiger partial charge on any atom is -0.469 e. The molecule has 3 nitrogen and oxygen atoms in total. The van der Waals surface area contributed by atoms with Gasteiger partial charge in [-0.25, -0.2) is 0 Å². The molecule has 0 aliphatic carbocycles. The molecule has 0 spiro atoms. The van der Waals surface area contributed by atoms with Crippen LogP contribution in [-0.4, -0.2) is 24.8 Å². The maximum Gasteiger partial charge on any atom is 0.305 e. The number of aliphatic hydroxyl groups is 1. The van der Waals surface area contributed by atoms with Crippen LogP contribution < -0.4 is 0 Å². The fourth-order valence-electron chi connectivity index (χ4n) is 2.13. The number of ether oxygens (including phenoxy) is 1. The van der Waals surface area contributed by atoms with Crippen molar-refractivity contribution in [1.82, 2.24) is 0 Å². The number of hydrogen-bond donors (Lipinski definition) is 1. The molecule has 0 aromatic heterocycles. The van der Waals surface area contributed by atoms with E-state index in [2.05, 4.69) is 16.9 Å². The lowest BCUT2D eigenvalue weighted by molar-refractivity contribution is -0.140. The van der Waals surface area contributed by atoms with Crippen LogP contribution in [-0.2, 0) is 9.53 Å². The van der Waals surface area contributed by atoms with E-state index in [1.807, 2.05) is 0 Å². The molecule has 0 radical (unpaired) electrons. The molecule has 1 N–H and O–H groups in total. The zero-order chi connectivity index (χ0) is 14.9. The van der Waals surface area contributed by atoms with Crippen molar-refractivity contribution in [3.05, 3.63) is 12.2 Å². The lowest BCUT2D eigenvalue weighted by atomic mass is 10.1. The molecule has 3 heteroatoms. The summed E-state index contributed by atoms with van der Waals surface area (Å²) in [5.41, 5.74) is 0. The Morgan fingerprint density at radius 1 is 0.850 bits per heavy atom. The van der Waals surface area contributed by atoms with Crippen molar-refractivity contribution in [2.45, 2.75) is 77.0 Å². The normalized spacial score (nSPS) is 11.1. The average molecular weight is 284 g/mol. The number of rotatable bonds is 14. The lowest BCUT2D eigenvalue weighted by Gasteiger charge is -2.01. The maximum absolute atomic E-state index is 10.9. The molecule has 0 bridgehead atoms. The molecular formula is C17H32O3. The molecule has 0 unspecified atom stereocenters. The number of unbranched alkanes of at least 4 members (excludes halogenated alkanes) is 9. The fourth-order valence-corrected chi connectivity index (χ4v) is 2.13. The molecule has 118 valence electrons. The molecule has 0 aliphatic rings. The second-order valence-corrected chi connectivity index (χ2v) is 5.28. The van der Waals surface area contributed by atoms with E-state index in [0.717, 1.165) is 32.1 Å². The van der Waals surface area contributed by atoms with Crippen LogP contribution in [0, 0.1) is 0 Å². The highest BCUT2D eigenvalue weighted by Gasteiger charge is 1.98. The van der Waals surface area contributed by atoms with Crippen molar-refractivity contribution in [2.24, 2.45) is 0 Å². The summed E-state index contributed by atoms with van der Waals surface area (Å²) in [5.74, 6) is -0.0872. The molecule has 0 saturated heterocycles. The Hall–Kier alpha value is -0.830. The third-order valence-corrected chi connectivity index (χ3v) is 3.42. The van der Waals surface area contributed by atoms with E-state index < -0.39 is 0 Å². The minimum atomic E-state index is -0.0872. The number of aliphatic hydroxyl groups excluding tert-OH is 1. The summed E-state index contributed by atoms with van der Waals surface area (Å²) in [4.78, 5) is 10.9. The van der Waals surface area contributed by atoms with Gasteiger partial charge in [0.1, 0.15) is 0 Å². The van der Waals surface area contributed by atoms with Crippen LogP contribution in [0.4, 0.5) is 0 Å². The summed E-state index contributed by atoms with van der Waals surface area (Å²) in [5, 5.41) is 8.64. The smallest absolute Gasteiger partial charge is 0.305 e. The molecule has 0 rings (SSSR count). The molecule has 0 amide bonds. The van der Waals surface area contributed by atoms with Crippen LogP contribution in [0.2, 0.25) is 0 Å². The van der Waals surface area contributed by atoms with E-state index in [0.29, 0.717) is 13.0 Å². The van der Waals surface area contributed by atoms with Crippen LogP contribution in [0.15, 0.2) is 12.2 Å². The first kappa shape index (κ1) is 19.2. The Balaban J connectivity index is 3.07. The highest BCUT2D eigenvalue weighted by molar-refractivity contribution is 5.68. The van der Waals surface area contributed by atoms with Gasteiger partial charge in [-0.05, 0) is 38.5 Å². The fraction of sp³-hybridized carbons (Fsp3) is 0.824. The van der Waals surface area contributed by atoms with Gasteiger partial charge < -0.3 is 9.84 Å². The third kappa shape index (κ3) is 15.2. The van der Waals surface area contributed by atoms with Gasteiger partial charge >= 0.3 is 5.97 Å². The summed E-state index contributed by atoms with van der Waals surface area (Å²) >= 11 is 0. The number of allylic oxidation sites excluding steroid dienone is 2. The van der Waals surface area contributed by atoms with Crippen molar-refractivity contribution >= 4 is 5.97 Å². The SMILES string of the molecule is COC(=O)CCCCCCCCC/C=C\CCCCO. The van der Waals surface area contributed by atoms with E-state index >= 15 is 0 Å². The van der Waals surface area contributed by atoms with Crippen LogP contribution in [0.1, 0.15) is 77.0 Å². The standard InChI is InChI=1S/C17H32O3/c1-20-17(19)15-13-11-9-7-5-3-2-4-6-8-10-12-14-16-18/h6,8,18H,2-5,7,9-16H2,1H3/b8-6-. The summed E-state index contributed by atoms with van der Waals surface area (Å²) in [6, 6.07) is 0. The van der Waals surface area contributed by atoms with Crippen LogP contribution in [0.3, 0.4) is 0 Å². The monoisotopic (exact) mass is 284 g/mol. The predicted molar refractivity (Wildman–Crippen MR) is 83.6 cm³/mol. The van der Waals surface area contributed by atoms with Gasteiger partial charge in [0.15, 0.2) is 0 Å². The minimum absolute atomic E-state index is 0.0872. The zero-order valence-corrected chi connectivity index (χ0v) is 13.1. The number of esters is 1. The summed E-state index contributed by atoms with van der Waals surface area (Å²) in [7, 11) is 1.45. The van der Waals surface area contributed by atoms with Crippen LogP contribution >= 0.6 is 0 Å². The quantitative estimate of drug-likeness (QED) is 0.292. The van der Waals surface area contributed by atoms with Gasteiger partial charge in [0.2, 0.25) is 0 Å². The van der Waals surface area contributed by atoms with Crippen LogP contribution in [0.5, 0.6) is 0 Å². The van der Waals surface area contributed by atoms with E-state index in [4.69, 9.17) is 5.11 Å². The Morgan fingerprint density at radius 3 is 1.90 bits per heavy atom. The molecular weight excluding hydrogens is 252 g/mol. The Labute approximate surface area is 124 Å². The van der Waals surface area contributed by atoms with Gasteiger partial charge in [0.05, 0.1) is 7.11 Å². The molecule has 0 heterocycles. The van der Waals surface area contributed by atoms with Gasteiger partial charge in [0.25, 0.3) is 0 Å². The summed E-state index contributed by atoms with van der Waals surface area (Å²) in [6.45, 7) is 0.313. The van der Waals surface area contributed by atoms with Crippen molar-refractivity contribution in [1.29, 1.82) is 0 Å². The molecule has 0 aliphatic heterocycles. The van der Waals surface area contributed by atoms with Crippen LogP contribution in [0.25, 0.3) is 0 Å². The molecule has 0 aromatic rings. The number of hydrogen-bond acceptors (Lipinski definition) is 3. The van der Waals surface area contributed by atoms with Gasteiger partial charge in [-0.1, -0.05) is 44.3 Å². The molecule has 20 heavy (non-hydrogen) atoms.